The molecule has 2 atom stereocenters. The first kappa shape index (κ1) is 29.1. The summed E-state index contributed by atoms with van der Waals surface area (Å²) in [4.78, 5) is 5.18. The van der Waals surface area contributed by atoms with Gasteiger partial charge in [0.15, 0.2) is 0 Å². The number of rotatable bonds is 8. The van der Waals surface area contributed by atoms with Crippen LogP contribution >= 0.6 is 23.1 Å². The zero-order valence-corrected chi connectivity index (χ0v) is 28.7. The number of allylic oxidation sites excluding steroid dienone is 3. The number of hydrogen-bond donors (Lipinski definition) is 1. The molecule has 0 amide bonds. The molecule has 9 rings (SSSR count). The van der Waals surface area contributed by atoms with E-state index in [0.29, 0.717) is 11.2 Å². The molecule has 0 saturated carbocycles. The summed E-state index contributed by atoms with van der Waals surface area (Å²) in [6, 6.07) is 34.7. The molecular formula is C44H39NS2. The van der Waals surface area contributed by atoms with Crippen molar-refractivity contribution in [3.63, 3.8) is 0 Å². The van der Waals surface area contributed by atoms with Crippen molar-refractivity contribution in [1.82, 2.24) is 4.98 Å². The highest BCUT2D eigenvalue weighted by Crippen LogP contribution is 2.54. The maximum absolute atomic E-state index is 3.72. The normalized spacial score (nSPS) is 17.2. The van der Waals surface area contributed by atoms with E-state index in [1.54, 1.807) is 5.57 Å². The van der Waals surface area contributed by atoms with Crippen molar-refractivity contribution in [3.8, 4) is 22.3 Å². The van der Waals surface area contributed by atoms with Crippen LogP contribution in [0.1, 0.15) is 63.0 Å². The number of aromatic amines is 1. The molecule has 2 aromatic heterocycles. The Morgan fingerprint density at radius 2 is 1.34 bits per heavy atom. The number of nitrogens with one attached hydrogen (secondary N) is 1. The van der Waals surface area contributed by atoms with E-state index in [4.69, 9.17) is 0 Å². The van der Waals surface area contributed by atoms with Crippen molar-refractivity contribution in [2.75, 3.05) is 0 Å². The molecule has 0 saturated heterocycles. The van der Waals surface area contributed by atoms with Gasteiger partial charge in [-0.2, -0.15) is 0 Å². The van der Waals surface area contributed by atoms with Crippen LogP contribution in [0.15, 0.2) is 120 Å². The van der Waals surface area contributed by atoms with Crippen LogP contribution in [0.4, 0.5) is 0 Å². The van der Waals surface area contributed by atoms with E-state index >= 15 is 0 Å². The van der Waals surface area contributed by atoms with E-state index in [1.165, 1.54) is 112 Å². The van der Waals surface area contributed by atoms with Gasteiger partial charge in [0, 0.05) is 58.0 Å². The van der Waals surface area contributed by atoms with Gasteiger partial charge in [0.1, 0.15) is 0 Å². The highest BCUT2D eigenvalue weighted by molar-refractivity contribution is 8.00. The minimum absolute atomic E-state index is 0.477. The molecule has 2 unspecified atom stereocenters. The van der Waals surface area contributed by atoms with Gasteiger partial charge >= 0.3 is 0 Å². The van der Waals surface area contributed by atoms with Gasteiger partial charge in [-0.3, -0.25) is 0 Å². The third-order valence-corrected chi connectivity index (χ3v) is 13.3. The molecular weight excluding hydrogens is 607 g/mol. The summed E-state index contributed by atoms with van der Waals surface area (Å²) in [6.45, 7) is 4.58. The standard InChI is InChI=1S/C44H39NS2/c1-3-5-11-27-13-7-17-33-35-19-9-15-31(43(35)46-41(27)33)29-21-23-39-37(25-29)38-26-30(22-24-40(38)45-39)32-16-10-20-36-34-18-8-14-28(12-6-4-2)42(34)47-44(32)36/h7-10,13-26,33,41,45H,3-6,11-12H2,1-2H3. The maximum atomic E-state index is 3.72. The molecule has 47 heavy (non-hydrogen) atoms. The average Bonchev–Trinajstić information content (AvgIpc) is 3.81. The van der Waals surface area contributed by atoms with E-state index in [-0.39, 0.29) is 0 Å². The van der Waals surface area contributed by atoms with E-state index in [2.05, 4.69) is 140 Å². The Morgan fingerprint density at radius 1 is 0.660 bits per heavy atom. The molecule has 1 aliphatic heterocycles. The number of unbranched alkanes of at least 4 members (excludes halogenated alkanes) is 2. The Labute approximate surface area is 285 Å². The molecule has 2 aliphatic rings. The van der Waals surface area contributed by atoms with E-state index in [9.17, 15) is 0 Å². The summed E-state index contributed by atoms with van der Waals surface area (Å²) in [7, 11) is 0. The second-order valence-electron chi connectivity index (χ2n) is 13.3. The summed E-state index contributed by atoms with van der Waals surface area (Å²) >= 11 is 4.07. The van der Waals surface area contributed by atoms with E-state index < -0.39 is 0 Å². The number of H-pyrrole nitrogens is 1. The summed E-state index contributed by atoms with van der Waals surface area (Å²) in [5.41, 5.74) is 12.3. The van der Waals surface area contributed by atoms with Gasteiger partial charge in [0.25, 0.3) is 0 Å². The van der Waals surface area contributed by atoms with Gasteiger partial charge in [-0.05, 0) is 83.3 Å². The Balaban J connectivity index is 1.14. The lowest BCUT2D eigenvalue weighted by atomic mass is 9.85. The van der Waals surface area contributed by atoms with Gasteiger partial charge in [-0.25, -0.2) is 0 Å². The number of aromatic nitrogens is 1. The zero-order valence-electron chi connectivity index (χ0n) is 27.1. The second-order valence-corrected chi connectivity index (χ2v) is 15.5. The Hall–Kier alpha value is -4.05. The number of hydrogen-bond acceptors (Lipinski definition) is 2. The predicted molar refractivity (Wildman–Crippen MR) is 207 cm³/mol. The quantitative estimate of drug-likeness (QED) is 0.174. The number of thioether (sulfide) groups is 1. The molecule has 3 heteroatoms. The summed E-state index contributed by atoms with van der Waals surface area (Å²) in [5, 5.41) is 5.89. The fourth-order valence-electron chi connectivity index (χ4n) is 7.95. The number of fused-ring (bicyclic) bond motifs is 9. The molecule has 1 N–H and O–H groups in total. The monoisotopic (exact) mass is 645 g/mol. The fraction of sp³-hybridized carbons (Fsp3) is 0.227. The van der Waals surface area contributed by atoms with Crippen LogP contribution in [0.3, 0.4) is 0 Å². The SMILES string of the molecule is CCCCC1=CC=CC2c3cccc(-c4ccc5[nH]c6ccc(-c7cccc8c7sc7c(CCCC)cccc78)cc6c5c4)c3SC12. The van der Waals surface area contributed by atoms with Gasteiger partial charge in [-0.1, -0.05) is 117 Å². The third kappa shape index (κ3) is 4.81. The number of thiophene rings is 1. The Bertz CT molecular complexity index is 2380. The number of benzene rings is 5. The van der Waals surface area contributed by atoms with Gasteiger partial charge in [0.2, 0.25) is 0 Å². The van der Waals surface area contributed by atoms with Crippen LogP contribution in [0.5, 0.6) is 0 Å². The Morgan fingerprint density at radius 3 is 2.13 bits per heavy atom. The first-order chi connectivity index (χ1) is 23.2. The van der Waals surface area contributed by atoms with Crippen LogP contribution in [0, 0.1) is 0 Å². The molecule has 0 spiro atoms. The van der Waals surface area contributed by atoms with Gasteiger partial charge < -0.3 is 4.98 Å². The molecule has 0 radical (unpaired) electrons. The Kier molecular flexibility index (Phi) is 7.36. The van der Waals surface area contributed by atoms with Crippen LogP contribution in [-0.4, -0.2) is 10.2 Å². The molecule has 5 aromatic carbocycles. The first-order valence-corrected chi connectivity index (χ1v) is 19.1. The maximum Gasteiger partial charge on any atom is 0.0465 e. The van der Waals surface area contributed by atoms with Gasteiger partial charge in [0.05, 0.1) is 0 Å². The fourth-order valence-corrected chi connectivity index (χ4v) is 11.0. The zero-order chi connectivity index (χ0) is 31.5. The van der Waals surface area contributed by atoms with Crippen molar-refractivity contribution in [3.05, 3.63) is 126 Å². The van der Waals surface area contributed by atoms with Gasteiger partial charge in [-0.15, -0.1) is 23.1 Å². The highest BCUT2D eigenvalue weighted by atomic mass is 32.2. The van der Waals surface area contributed by atoms with E-state index in [1.807, 2.05) is 11.3 Å². The van der Waals surface area contributed by atoms with Crippen molar-refractivity contribution in [2.24, 2.45) is 0 Å². The van der Waals surface area contributed by atoms with Crippen LogP contribution in [0.2, 0.25) is 0 Å². The minimum Gasteiger partial charge on any atom is -0.355 e. The average molecular weight is 646 g/mol. The first-order valence-electron chi connectivity index (χ1n) is 17.4. The van der Waals surface area contributed by atoms with Crippen LogP contribution < -0.4 is 0 Å². The predicted octanol–water partition coefficient (Wildman–Crippen LogP) is 13.6. The lowest BCUT2D eigenvalue weighted by Gasteiger charge is -2.22. The molecule has 232 valence electrons. The largest absolute Gasteiger partial charge is 0.355 e. The van der Waals surface area contributed by atoms with Crippen molar-refractivity contribution < 1.29 is 0 Å². The molecule has 3 heterocycles. The van der Waals surface area contributed by atoms with Crippen LogP contribution in [0.25, 0.3) is 64.2 Å². The van der Waals surface area contributed by atoms with Crippen molar-refractivity contribution in [2.45, 2.75) is 68.4 Å². The number of aryl methyl sites for hydroxylation is 1. The lowest BCUT2D eigenvalue weighted by Crippen LogP contribution is -2.14. The summed E-state index contributed by atoms with van der Waals surface area (Å²) < 4.78 is 2.85. The summed E-state index contributed by atoms with van der Waals surface area (Å²) in [6.07, 6.45) is 14.4. The smallest absolute Gasteiger partial charge is 0.0465 e. The lowest BCUT2D eigenvalue weighted by molar-refractivity contribution is 0.730. The molecule has 1 aliphatic carbocycles. The highest BCUT2D eigenvalue weighted by Gasteiger charge is 2.36. The third-order valence-electron chi connectivity index (χ3n) is 10.4. The van der Waals surface area contributed by atoms with Crippen molar-refractivity contribution in [1.29, 1.82) is 0 Å². The second kappa shape index (κ2) is 11.9. The molecule has 7 aromatic rings. The molecule has 0 bridgehead atoms. The van der Waals surface area contributed by atoms with E-state index in [0.717, 1.165) is 6.42 Å². The molecule has 0 fully saturated rings. The minimum atomic E-state index is 0.477. The van der Waals surface area contributed by atoms with Crippen LogP contribution in [-0.2, 0) is 6.42 Å². The summed E-state index contributed by atoms with van der Waals surface area (Å²) in [5.74, 6) is 0.477. The topological polar surface area (TPSA) is 15.8 Å². The molecule has 1 nitrogen and oxygen atoms in total. The van der Waals surface area contributed by atoms with Crippen molar-refractivity contribution >= 4 is 65.1 Å².